The summed E-state index contributed by atoms with van der Waals surface area (Å²) < 4.78 is 0. The van der Waals surface area contributed by atoms with Gasteiger partial charge >= 0.3 is 0 Å². The minimum absolute atomic E-state index is 1.00. The first-order valence-electron chi connectivity index (χ1n) is 14.0. The first kappa shape index (κ1) is 28.7. The Hall–Kier alpha value is -0.260. The van der Waals surface area contributed by atoms with Gasteiger partial charge in [0, 0.05) is 0 Å². The molecule has 29 heavy (non-hydrogen) atoms. The molecule has 0 aromatic rings. The van der Waals surface area contributed by atoms with E-state index in [1.807, 2.05) is 0 Å². The number of unbranched alkanes of at least 4 members (excludes halogenated alkanes) is 17. The highest BCUT2D eigenvalue weighted by Gasteiger charge is 2.05. The van der Waals surface area contributed by atoms with E-state index in [0.29, 0.717) is 0 Å². The van der Waals surface area contributed by atoms with Crippen LogP contribution in [-0.4, -0.2) is 0 Å². The highest BCUT2D eigenvalue weighted by atomic mass is 14.1. The topological polar surface area (TPSA) is 0 Å². The molecule has 0 aliphatic rings. The second-order valence-electron chi connectivity index (χ2n) is 9.56. The van der Waals surface area contributed by atoms with Crippen LogP contribution in [0, 0.1) is 5.92 Å². The zero-order chi connectivity index (χ0) is 21.3. The van der Waals surface area contributed by atoms with Crippen LogP contribution in [0.2, 0.25) is 0 Å². The number of hydrogen-bond donors (Lipinski definition) is 0. The van der Waals surface area contributed by atoms with E-state index in [-0.39, 0.29) is 0 Å². The molecule has 0 nitrogen and oxygen atoms in total. The molecule has 174 valence electrons. The first-order valence-corrected chi connectivity index (χ1v) is 14.0. The number of allylic oxidation sites excluding steroid dienone is 2. The molecule has 0 aliphatic carbocycles. The Kier molecular flexibility index (Phi) is 25.5. The van der Waals surface area contributed by atoms with Gasteiger partial charge in [0.15, 0.2) is 0 Å². The molecule has 0 heterocycles. The van der Waals surface area contributed by atoms with Gasteiger partial charge in [-0.25, -0.2) is 0 Å². The Morgan fingerprint density at radius 1 is 0.414 bits per heavy atom. The lowest BCUT2D eigenvalue weighted by molar-refractivity contribution is 0.395. The fourth-order valence-electron chi connectivity index (χ4n) is 4.45. The van der Waals surface area contributed by atoms with Gasteiger partial charge in [0.05, 0.1) is 0 Å². The molecule has 0 amide bonds. The maximum atomic E-state index is 2.46. The Morgan fingerprint density at radius 3 is 1.17 bits per heavy atom. The van der Waals surface area contributed by atoms with Crippen molar-refractivity contribution in [1.29, 1.82) is 0 Å². The lowest BCUT2D eigenvalue weighted by Gasteiger charge is -2.14. The molecular formula is C29H58. The fourth-order valence-corrected chi connectivity index (χ4v) is 4.45. The Labute approximate surface area is 186 Å². The van der Waals surface area contributed by atoms with E-state index in [2.05, 4.69) is 32.9 Å². The van der Waals surface area contributed by atoms with Gasteiger partial charge in [-0.15, -0.1) is 0 Å². The number of rotatable bonds is 24. The van der Waals surface area contributed by atoms with Crippen molar-refractivity contribution >= 4 is 0 Å². The lowest BCUT2D eigenvalue weighted by atomic mass is 9.92. The molecule has 1 atom stereocenters. The molecule has 0 aromatic carbocycles. The Balaban J connectivity index is 3.30. The minimum atomic E-state index is 1.00. The molecule has 0 saturated carbocycles. The van der Waals surface area contributed by atoms with Crippen molar-refractivity contribution in [1.82, 2.24) is 0 Å². The van der Waals surface area contributed by atoms with E-state index in [9.17, 15) is 0 Å². The Bertz CT molecular complexity index is 303. The molecule has 0 fully saturated rings. The summed E-state index contributed by atoms with van der Waals surface area (Å²) in [4.78, 5) is 0. The highest BCUT2D eigenvalue weighted by molar-refractivity contribution is 4.81. The van der Waals surface area contributed by atoms with E-state index in [1.54, 1.807) is 0 Å². The van der Waals surface area contributed by atoms with Crippen molar-refractivity contribution in [3.05, 3.63) is 12.2 Å². The molecule has 0 aliphatic heterocycles. The van der Waals surface area contributed by atoms with E-state index >= 15 is 0 Å². The first-order chi connectivity index (χ1) is 14.3. The zero-order valence-corrected chi connectivity index (χ0v) is 21.0. The maximum Gasteiger partial charge on any atom is -0.0351 e. The molecule has 1 unspecified atom stereocenters. The molecule has 0 radical (unpaired) electrons. The van der Waals surface area contributed by atoms with Gasteiger partial charge in [-0.05, 0) is 31.6 Å². The second kappa shape index (κ2) is 25.8. The summed E-state index contributed by atoms with van der Waals surface area (Å²) >= 11 is 0. The summed E-state index contributed by atoms with van der Waals surface area (Å²) in [5.41, 5.74) is 0. The van der Waals surface area contributed by atoms with E-state index in [4.69, 9.17) is 0 Å². The molecule has 0 aromatic heterocycles. The van der Waals surface area contributed by atoms with Crippen molar-refractivity contribution in [2.75, 3.05) is 0 Å². The largest absolute Gasteiger partial charge is 0.0885 e. The van der Waals surface area contributed by atoms with Crippen molar-refractivity contribution in [2.45, 2.75) is 168 Å². The average Bonchev–Trinajstić information content (AvgIpc) is 2.74. The van der Waals surface area contributed by atoms with Crippen molar-refractivity contribution in [3.63, 3.8) is 0 Å². The number of hydrogen-bond acceptors (Lipinski definition) is 0. The summed E-state index contributed by atoms with van der Waals surface area (Å²) in [5, 5.41) is 0. The third-order valence-corrected chi connectivity index (χ3v) is 6.67. The van der Waals surface area contributed by atoms with Crippen molar-refractivity contribution in [2.24, 2.45) is 5.92 Å². The van der Waals surface area contributed by atoms with Gasteiger partial charge in [0.25, 0.3) is 0 Å². The summed E-state index contributed by atoms with van der Waals surface area (Å²) in [6.07, 6.45) is 37.8. The normalized spacial score (nSPS) is 12.8. The van der Waals surface area contributed by atoms with Crippen LogP contribution < -0.4 is 0 Å². The van der Waals surface area contributed by atoms with Crippen molar-refractivity contribution < 1.29 is 0 Å². The summed E-state index contributed by atoms with van der Waals surface area (Å²) in [5.74, 6) is 1.00. The van der Waals surface area contributed by atoms with Gasteiger partial charge in [0.2, 0.25) is 0 Å². The van der Waals surface area contributed by atoms with Crippen LogP contribution in [-0.2, 0) is 0 Å². The van der Waals surface area contributed by atoms with Crippen molar-refractivity contribution in [3.8, 4) is 0 Å². The summed E-state index contributed by atoms with van der Waals surface area (Å²) in [6, 6.07) is 0. The smallest absolute Gasteiger partial charge is 0.0351 e. The Morgan fingerprint density at radius 2 is 0.759 bits per heavy atom. The molecule has 0 bridgehead atoms. The molecule has 0 saturated heterocycles. The van der Waals surface area contributed by atoms with Gasteiger partial charge in [-0.3, -0.25) is 0 Å². The zero-order valence-electron chi connectivity index (χ0n) is 21.0. The van der Waals surface area contributed by atoms with Gasteiger partial charge in [-0.2, -0.15) is 0 Å². The SMILES string of the molecule is CCCCCCCCCCC/C=C/CCCCCC(CC)CCCCCCCC. The van der Waals surface area contributed by atoms with Crippen LogP contribution in [0.4, 0.5) is 0 Å². The van der Waals surface area contributed by atoms with E-state index in [0.717, 1.165) is 5.92 Å². The predicted octanol–water partition coefficient (Wildman–Crippen LogP) is 11.2. The second-order valence-corrected chi connectivity index (χ2v) is 9.56. The molecule has 0 N–H and O–H groups in total. The van der Waals surface area contributed by atoms with Crippen LogP contribution in [0.3, 0.4) is 0 Å². The third kappa shape index (κ3) is 23.9. The van der Waals surface area contributed by atoms with Crippen LogP contribution in [0.15, 0.2) is 12.2 Å². The minimum Gasteiger partial charge on any atom is -0.0885 e. The third-order valence-electron chi connectivity index (χ3n) is 6.67. The van der Waals surface area contributed by atoms with E-state index < -0.39 is 0 Å². The standard InChI is InChI=1S/C29H58/c1-4-7-9-11-13-14-15-16-17-18-19-20-21-22-24-26-28-29(6-3)27-25-23-12-10-8-5-2/h19-20,29H,4-18,21-28H2,1-3H3/b20-19+. The highest BCUT2D eigenvalue weighted by Crippen LogP contribution is 2.21. The molecule has 0 rings (SSSR count). The van der Waals surface area contributed by atoms with Crippen LogP contribution in [0.5, 0.6) is 0 Å². The van der Waals surface area contributed by atoms with Gasteiger partial charge in [0.1, 0.15) is 0 Å². The van der Waals surface area contributed by atoms with Crippen LogP contribution >= 0.6 is 0 Å². The molecular weight excluding hydrogens is 348 g/mol. The van der Waals surface area contributed by atoms with Gasteiger partial charge in [-0.1, -0.05) is 155 Å². The molecule has 0 heteroatoms. The fraction of sp³-hybridized carbons (Fsp3) is 0.931. The van der Waals surface area contributed by atoms with E-state index in [1.165, 1.54) is 148 Å². The van der Waals surface area contributed by atoms with Crippen LogP contribution in [0.25, 0.3) is 0 Å². The van der Waals surface area contributed by atoms with Gasteiger partial charge < -0.3 is 0 Å². The lowest BCUT2D eigenvalue weighted by Crippen LogP contribution is -1.99. The predicted molar refractivity (Wildman–Crippen MR) is 136 cm³/mol. The summed E-state index contributed by atoms with van der Waals surface area (Å²) in [6.45, 7) is 7.01. The van der Waals surface area contributed by atoms with Crippen LogP contribution in [0.1, 0.15) is 168 Å². The average molecular weight is 407 g/mol. The molecule has 0 spiro atoms. The maximum absolute atomic E-state index is 2.46. The quantitative estimate of drug-likeness (QED) is 0.110. The summed E-state index contributed by atoms with van der Waals surface area (Å²) in [7, 11) is 0. The monoisotopic (exact) mass is 406 g/mol.